The lowest BCUT2D eigenvalue weighted by atomic mass is 10.0. The van der Waals surface area contributed by atoms with Gasteiger partial charge in [-0.25, -0.2) is 0 Å². The Labute approximate surface area is 113 Å². The monoisotopic (exact) mass is 256 g/mol. The Bertz CT molecular complexity index is 231. The summed E-state index contributed by atoms with van der Waals surface area (Å²) in [6.07, 6.45) is 6.20. The smallest absolute Gasteiger partial charge is 0.0623 e. The average molecular weight is 256 g/mol. The Morgan fingerprint density at radius 2 is 2.06 bits per heavy atom. The van der Waals surface area contributed by atoms with Crippen LogP contribution in [0, 0.1) is 0 Å². The number of hydrogen-bond donors (Lipinski definition) is 2. The normalized spacial score (nSPS) is 21.0. The van der Waals surface area contributed by atoms with Crippen LogP contribution in [-0.4, -0.2) is 47.3 Å². The summed E-state index contributed by atoms with van der Waals surface area (Å²) in [4.78, 5) is 2.54. The van der Waals surface area contributed by atoms with E-state index >= 15 is 0 Å². The molecular weight excluding hydrogens is 224 g/mol. The summed E-state index contributed by atoms with van der Waals surface area (Å²) >= 11 is 0. The zero-order chi connectivity index (χ0) is 13.6. The lowest BCUT2D eigenvalue weighted by Gasteiger charge is -2.38. The highest BCUT2D eigenvalue weighted by molar-refractivity contribution is 4.94. The molecule has 2 N–H and O–H groups in total. The first-order valence-electron chi connectivity index (χ1n) is 7.67. The number of aliphatic hydroxyl groups excluding tert-OH is 1. The molecule has 18 heavy (non-hydrogen) atoms. The van der Waals surface area contributed by atoms with E-state index in [4.69, 9.17) is 0 Å². The first-order chi connectivity index (χ1) is 8.54. The van der Waals surface area contributed by atoms with Gasteiger partial charge in [0.05, 0.1) is 12.1 Å². The summed E-state index contributed by atoms with van der Waals surface area (Å²) in [6, 6.07) is 1.25. The molecule has 2 atom stereocenters. The van der Waals surface area contributed by atoms with Crippen LogP contribution in [0.5, 0.6) is 0 Å². The Balaban J connectivity index is 2.53. The maximum atomic E-state index is 9.70. The summed E-state index contributed by atoms with van der Waals surface area (Å²) in [5.41, 5.74) is -0.141. The van der Waals surface area contributed by atoms with Gasteiger partial charge in [-0.3, -0.25) is 4.90 Å². The Morgan fingerprint density at radius 1 is 1.39 bits per heavy atom. The van der Waals surface area contributed by atoms with Crippen LogP contribution in [0.15, 0.2) is 0 Å². The van der Waals surface area contributed by atoms with Crippen molar-refractivity contribution in [3.8, 4) is 0 Å². The van der Waals surface area contributed by atoms with Crippen molar-refractivity contribution < 1.29 is 5.11 Å². The van der Waals surface area contributed by atoms with Crippen molar-refractivity contribution in [1.82, 2.24) is 10.2 Å². The van der Waals surface area contributed by atoms with Crippen LogP contribution in [0.2, 0.25) is 0 Å². The van der Waals surface area contributed by atoms with E-state index < -0.39 is 0 Å². The van der Waals surface area contributed by atoms with Gasteiger partial charge in [0.15, 0.2) is 0 Å². The molecule has 0 aromatic heterocycles. The van der Waals surface area contributed by atoms with Gasteiger partial charge in [0.25, 0.3) is 0 Å². The molecule has 0 heterocycles. The third kappa shape index (κ3) is 5.25. The minimum Gasteiger partial charge on any atom is -0.394 e. The van der Waals surface area contributed by atoms with Crippen molar-refractivity contribution >= 4 is 0 Å². The fourth-order valence-corrected chi connectivity index (χ4v) is 2.38. The SMILES string of the molecule is CCCCN(CC(C)(CO)NC1CC1)C(C)CC. The largest absolute Gasteiger partial charge is 0.394 e. The lowest BCUT2D eigenvalue weighted by molar-refractivity contribution is 0.0948. The van der Waals surface area contributed by atoms with E-state index in [1.807, 2.05) is 0 Å². The minimum atomic E-state index is -0.141. The van der Waals surface area contributed by atoms with Crippen molar-refractivity contribution in [3.63, 3.8) is 0 Å². The highest BCUT2D eigenvalue weighted by atomic mass is 16.3. The Morgan fingerprint density at radius 3 is 2.50 bits per heavy atom. The maximum absolute atomic E-state index is 9.70. The van der Waals surface area contributed by atoms with Crippen LogP contribution in [0.25, 0.3) is 0 Å². The Kier molecular flexibility index (Phi) is 6.61. The molecule has 1 rings (SSSR count). The molecule has 0 bridgehead atoms. The third-order valence-electron chi connectivity index (χ3n) is 4.04. The van der Waals surface area contributed by atoms with Gasteiger partial charge in [-0.15, -0.1) is 0 Å². The second-order valence-electron chi connectivity index (χ2n) is 6.22. The molecule has 3 nitrogen and oxygen atoms in total. The summed E-state index contributed by atoms with van der Waals surface area (Å²) in [5.74, 6) is 0. The van der Waals surface area contributed by atoms with Gasteiger partial charge in [-0.05, 0) is 46.1 Å². The molecule has 1 fully saturated rings. The zero-order valence-electron chi connectivity index (χ0n) is 12.7. The maximum Gasteiger partial charge on any atom is 0.0623 e. The number of rotatable bonds is 10. The molecule has 1 aliphatic rings. The molecule has 0 spiro atoms. The summed E-state index contributed by atoms with van der Waals surface area (Å²) in [7, 11) is 0. The van der Waals surface area contributed by atoms with Gasteiger partial charge in [0, 0.05) is 18.6 Å². The molecule has 0 radical (unpaired) electrons. The highest BCUT2D eigenvalue weighted by Crippen LogP contribution is 2.23. The third-order valence-corrected chi connectivity index (χ3v) is 4.04. The number of aliphatic hydroxyl groups is 1. The van der Waals surface area contributed by atoms with Crippen LogP contribution in [0.3, 0.4) is 0 Å². The lowest BCUT2D eigenvalue weighted by Crippen LogP contribution is -2.56. The fourth-order valence-electron chi connectivity index (χ4n) is 2.38. The summed E-state index contributed by atoms with van der Waals surface area (Å²) in [5, 5.41) is 13.3. The van der Waals surface area contributed by atoms with E-state index in [0.717, 1.165) is 13.1 Å². The van der Waals surface area contributed by atoms with Gasteiger partial charge in [0.2, 0.25) is 0 Å². The standard InChI is InChI=1S/C15H32N2O/c1-5-7-10-17(13(3)6-2)11-15(4,12-18)16-14-8-9-14/h13-14,16,18H,5-12H2,1-4H3. The van der Waals surface area contributed by atoms with Crippen molar-refractivity contribution in [3.05, 3.63) is 0 Å². The van der Waals surface area contributed by atoms with Crippen LogP contribution in [0.4, 0.5) is 0 Å². The molecule has 0 aromatic rings. The summed E-state index contributed by atoms with van der Waals surface area (Å²) in [6.45, 7) is 11.3. The molecule has 1 aliphatic carbocycles. The van der Waals surface area contributed by atoms with E-state index in [9.17, 15) is 5.11 Å². The van der Waals surface area contributed by atoms with Gasteiger partial charge < -0.3 is 10.4 Å². The average Bonchev–Trinajstić information content (AvgIpc) is 3.17. The number of nitrogens with zero attached hydrogens (tertiary/aromatic N) is 1. The molecule has 0 aliphatic heterocycles. The first kappa shape index (κ1) is 15.9. The molecule has 1 saturated carbocycles. The van der Waals surface area contributed by atoms with Crippen molar-refractivity contribution in [1.29, 1.82) is 0 Å². The number of unbranched alkanes of at least 4 members (excludes halogenated alkanes) is 1. The van der Waals surface area contributed by atoms with E-state index in [1.165, 1.54) is 32.1 Å². The van der Waals surface area contributed by atoms with Gasteiger partial charge in [0.1, 0.15) is 0 Å². The van der Waals surface area contributed by atoms with Crippen molar-refractivity contribution in [2.45, 2.75) is 77.4 Å². The van der Waals surface area contributed by atoms with Gasteiger partial charge >= 0.3 is 0 Å². The number of hydrogen-bond acceptors (Lipinski definition) is 3. The molecule has 0 amide bonds. The molecular formula is C15H32N2O. The van der Waals surface area contributed by atoms with E-state index in [1.54, 1.807) is 0 Å². The van der Waals surface area contributed by atoms with Crippen LogP contribution in [0.1, 0.15) is 59.8 Å². The molecule has 0 aromatic carbocycles. The number of nitrogens with one attached hydrogen (secondary N) is 1. The summed E-state index contributed by atoms with van der Waals surface area (Å²) < 4.78 is 0. The van der Waals surface area contributed by atoms with Gasteiger partial charge in [-0.1, -0.05) is 20.3 Å². The molecule has 108 valence electrons. The fraction of sp³-hybridized carbons (Fsp3) is 1.00. The minimum absolute atomic E-state index is 0.141. The second-order valence-corrected chi connectivity index (χ2v) is 6.22. The predicted octanol–water partition coefficient (Wildman–Crippen LogP) is 2.39. The van der Waals surface area contributed by atoms with E-state index in [-0.39, 0.29) is 12.1 Å². The predicted molar refractivity (Wildman–Crippen MR) is 77.9 cm³/mol. The molecule has 3 heteroatoms. The van der Waals surface area contributed by atoms with E-state index in [2.05, 4.69) is 37.9 Å². The van der Waals surface area contributed by atoms with Crippen molar-refractivity contribution in [2.75, 3.05) is 19.7 Å². The van der Waals surface area contributed by atoms with Crippen LogP contribution in [-0.2, 0) is 0 Å². The zero-order valence-corrected chi connectivity index (χ0v) is 12.7. The van der Waals surface area contributed by atoms with Crippen LogP contribution >= 0.6 is 0 Å². The molecule has 2 unspecified atom stereocenters. The quantitative estimate of drug-likeness (QED) is 0.630. The van der Waals surface area contributed by atoms with E-state index in [0.29, 0.717) is 12.1 Å². The Hall–Kier alpha value is -0.120. The first-order valence-corrected chi connectivity index (χ1v) is 7.67. The topological polar surface area (TPSA) is 35.5 Å². The highest BCUT2D eigenvalue weighted by Gasteiger charge is 2.34. The van der Waals surface area contributed by atoms with Crippen molar-refractivity contribution in [2.24, 2.45) is 0 Å². The molecule has 0 saturated heterocycles. The van der Waals surface area contributed by atoms with Gasteiger partial charge in [-0.2, -0.15) is 0 Å². The van der Waals surface area contributed by atoms with Crippen LogP contribution < -0.4 is 5.32 Å². The second kappa shape index (κ2) is 7.46.